The number of nitrogens with one attached hydrogen (secondary N) is 1. The normalized spacial score (nSPS) is 13.6. The first-order valence-electron chi connectivity index (χ1n) is 7.39. The Kier molecular flexibility index (Phi) is 3.75. The van der Waals surface area contributed by atoms with Gasteiger partial charge in [-0.3, -0.25) is 0 Å². The highest BCUT2D eigenvalue weighted by atomic mass is 15.2. The highest BCUT2D eigenvalue weighted by molar-refractivity contribution is 5.72. The van der Waals surface area contributed by atoms with Gasteiger partial charge < -0.3 is 10.2 Å². The highest BCUT2D eigenvalue weighted by Crippen LogP contribution is 2.36. The molecule has 1 aliphatic heterocycles. The van der Waals surface area contributed by atoms with Crippen LogP contribution in [0, 0.1) is 6.92 Å². The maximum atomic E-state index is 3.21. The van der Waals surface area contributed by atoms with Crippen molar-refractivity contribution in [3.05, 3.63) is 59.2 Å². The van der Waals surface area contributed by atoms with E-state index in [0.717, 1.165) is 25.9 Å². The van der Waals surface area contributed by atoms with Crippen molar-refractivity contribution in [1.82, 2.24) is 5.32 Å². The van der Waals surface area contributed by atoms with Crippen molar-refractivity contribution in [3.8, 4) is 0 Å². The summed E-state index contributed by atoms with van der Waals surface area (Å²) in [6.07, 6.45) is 2.24. The molecule has 104 valence electrons. The summed E-state index contributed by atoms with van der Waals surface area (Å²) in [5, 5.41) is 3.21. The van der Waals surface area contributed by atoms with Gasteiger partial charge in [0.25, 0.3) is 0 Å². The second-order valence-corrected chi connectivity index (χ2v) is 5.50. The molecule has 0 radical (unpaired) electrons. The Morgan fingerprint density at radius 3 is 2.75 bits per heavy atom. The molecular formula is C18H22N2. The van der Waals surface area contributed by atoms with Crippen LogP contribution in [0.3, 0.4) is 0 Å². The summed E-state index contributed by atoms with van der Waals surface area (Å²) in [4.78, 5) is 2.45. The minimum atomic E-state index is 1.03. The third-order valence-electron chi connectivity index (χ3n) is 4.10. The quantitative estimate of drug-likeness (QED) is 0.912. The molecule has 0 spiro atoms. The van der Waals surface area contributed by atoms with Crippen LogP contribution in [0.1, 0.15) is 16.7 Å². The number of fused-ring (bicyclic) bond motifs is 1. The fourth-order valence-corrected chi connectivity index (χ4v) is 3.03. The Hall–Kier alpha value is -1.80. The molecule has 0 amide bonds. The molecule has 1 N–H and O–H groups in total. The van der Waals surface area contributed by atoms with Gasteiger partial charge in [-0.2, -0.15) is 0 Å². The van der Waals surface area contributed by atoms with E-state index >= 15 is 0 Å². The van der Waals surface area contributed by atoms with Gasteiger partial charge in [0.2, 0.25) is 0 Å². The smallest absolute Gasteiger partial charge is 0.0444 e. The van der Waals surface area contributed by atoms with E-state index in [1.807, 2.05) is 7.05 Å². The van der Waals surface area contributed by atoms with Crippen LogP contribution in [-0.4, -0.2) is 20.1 Å². The summed E-state index contributed by atoms with van der Waals surface area (Å²) in [5.74, 6) is 0. The Labute approximate surface area is 121 Å². The van der Waals surface area contributed by atoms with Gasteiger partial charge in [0.1, 0.15) is 0 Å². The summed E-state index contributed by atoms with van der Waals surface area (Å²) < 4.78 is 0. The summed E-state index contributed by atoms with van der Waals surface area (Å²) in [6.45, 7) is 4.35. The highest BCUT2D eigenvalue weighted by Gasteiger charge is 2.20. The fraction of sp³-hybridized carbons (Fsp3) is 0.333. The number of nitrogens with zero attached hydrogens (tertiary/aromatic N) is 1. The summed E-state index contributed by atoms with van der Waals surface area (Å²) in [5.41, 5.74) is 6.97. The molecule has 1 heterocycles. The van der Waals surface area contributed by atoms with E-state index in [9.17, 15) is 0 Å². The third-order valence-corrected chi connectivity index (χ3v) is 4.10. The molecule has 0 saturated carbocycles. The number of hydrogen-bond acceptors (Lipinski definition) is 2. The topological polar surface area (TPSA) is 15.3 Å². The van der Waals surface area contributed by atoms with Gasteiger partial charge in [-0.25, -0.2) is 0 Å². The van der Waals surface area contributed by atoms with Crippen LogP contribution in [0.25, 0.3) is 0 Å². The van der Waals surface area contributed by atoms with Crippen molar-refractivity contribution in [3.63, 3.8) is 0 Å². The first-order valence-corrected chi connectivity index (χ1v) is 7.39. The first-order chi connectivity index (χ1) is 9.79. The molecule has 0 unspecified atom stereocenters. The lowest BCUT2D eigenvalue weighted by Crippen LogP contribution is -2.15. The summed E-state index contributed by atoms with van der Waals surface area (Å²) in [7, 11) is 2.00. The number of anilines is 2. The minimum absolute atomic E-state index is 1.03. The maximum absolute atomic E-state index is 3.21. The lowest BCUT2D eigenvalue weighted by molar-refractivity contribution is 0.791. The SMILES string of the molecule is CNCCc1ccc(N2CCc3ccccc32)c(C)c1. The zero-order valence-electron chi connectivity index (χ0n) is 12.3. The zero-order valence-corrected chi connectivity index (χ0v) is 12.3. The molecule has 1 aliphatic rings. The van der Waals surface area contributed by atoms with Crippen LogP contribution in [0.2, 0.25) is 0 Å². The molecule has 2 heteroatoms. The average Bonchev–Trinajstić information content (AvgIpc) is 2.89. The number of rotatable bonds is 4. The van der Waals surface area contributed by atoms with Gasteiger partial charge >= 0.3 is 0 Å². The second kappa shape index (κ2) is 5.68. The maximum Gasteiger partial charge on any atom is 0.0444 e. The standard InChI is InChI=1S/C18H22N2/c1-14-13-15(9-11-19-2)7-8-17(14)20-12-10-16-5-3-4-6-18(16)20/h3-8,13,19H,9-12H2,1-2H3. The summed E-state index contributed by atoms with van der Waals surface area (Å²) in [6, 6.07) is 15.6. The molecular weight excluding hydrogens is 244 g/mol. The number of para-hydroxylation sites is 1. The summed E-state index contributed by atoms with van der Waals surface area (Å²) >= 11 is 0. The van der Waals surface area contributed by atoms with E-state index in [0.29, 0.717) is 0 Å². The average molecular weight is 266 g/mol. The Balaban J connectivity index is 1.88. The first kappa shape index (κ1) is 13.2. The second-order valence-electron chi connectivity index (χ2n) is 5.50. The van der Waals surface area contributed by atoms with E-state index in [4.69, 9.17) is 0 Å². The van der Waals surface area contributed by atoms with E-state index < -0.39 is 0 Å². The van der Waals surface area contributed by atoms with Crippen LogP contribution in [-0.2, 0) is 12.8 Å². The van der Waals surface area contributed by atoms with Gasteiger partial charge in [0.15, 0.2) is 0 Å². The van der Waals surface area contributed by atoms with Crippen LogP contribution >= 0.6 is 0 Å². The van der Waals surface area contributed by atoms with E-state index in [2.05, 4.69) is 59.6 Å². The van der Waals surface area contributed by atoms with Gasteiger partial charge in [-0.05, 0) is 62.2 Å². The van der Waals surface area contributed by atoms with E-state index in [-0.39, 0.29) is 0 Å². The molecule has 2 aromatic carbocycles. The predicted octanol–water partition coefficient (Wildman–Crippen LogP) is 3.45. The minimum Gasteiger partial charge on any atom is -0.341 e. The number of hydrogen-bond donors (Lipinski definition) is 1. The van der Waals surface area contributed by atoms with Crippen LogP contribution in [0.15, 0.2) is 42.5 Å². The monoisotopic (exact) mass is 266 g/mol. The number of likely N-dealkylation sites (N-methyl/N-ethyl adjacent to an activating group) is 1. The lowest BCUT2D eigenvalue weighted by atomic mass is 10.1. The van der Waals surface area contributed by atoms with Gasteiger partial charge in [-0.15, -0.1) is 0 Å². The largest absolute Gasteiger partial charge is 0.341 e. The number of benzene rings is 2. The van der Waals surface area contributed by atoms with Crippen molar-refractivity contribution in [2.24, 2.45) is 0 Å². The van der Waals surface area contributed by atoms with Crippen molar-refractivity contribution < 1.29 is 0 Å². The van der Waals surface area contributed by atoms with Crippen molar-refractivity contribution in [2.45, 2.75) is 19.8 Å². The predicted molar refractivity (Wildman–Crippen MR) is 86.0 cm³/mol. The molecule has 0 aromatic heterocycles. The van der Waals surface area contributed by atoms with E-state index in [1.54, 1.807) is 0 Å². The third kappa shape index (κ3) is 2.44. The molecule has 0 aliphatic carbocycles. The Morgan fingerprint density at radius 1 is 1.10 bits per heavy atom. The van der Waals surface area contributed by atoms with Crippen molar-refractivity contribution in [2.75, 3.05) is 25.0 Å². The lowest BCUT2D eigenvalue weighted by Gasteiger charge is -2.22. The van der Waals surface area contributed by atoms with Gasteiger partial charge in [-0.1, -0.05) is 30.3 Å². The Morgan fingerprint density at radius 2 is 1.95 bits per heavy atom. The molecule has 2 aromatic rings. The molecule has 0 atom stereocenters. The van der Waals surface area contributed by atoms with Crippen molar-refractivity contribution in [1.29, 1.82) is 0 Å². The zero-order chi connectivity index (χ0) is 13.9. The Bertz CT molecular complexity index is 604. The van der Waals surface area contributed by atoms with Crippen LogP contribution in [0.4, 0.5) is 11.4 Å². The fourth-order valence-electron chi connectivity index (χ4n) is 3.03. The molecule has 20 heavy (non-hydrogen) atoms. The van der Waals surface area contributed by atoms with Crippen molar-refractivity contribution >= 4 is 11.4 Å². The van der Waals surface area contributed by atoms with Crippen LogP contribution < -0.4 is 10.2 Å². The molecule has 2 nitrogen and oxygen atoms in total. The van der Waals surface area contributed by atoms with Crippen LogP contribution in [0.5, 0.6) is 0 Å². The molecule has 3 rings (SSSR count). The molecule has 0 bridgehead atoms. The van der Waals surface area contributed by atoms with Gasteiger partial charge in [0, 0.05) is 17.9 Å². The van der Waals surface area contributed by atoms with E-state index in [1.165, 1.54) is 28.1 Å². The van der Waals surface area contributed by atoms with Gasteiger partial charge in [0.05, 0.1) is 0 Å². The number of aryl methyl sites for hydroxylation is 1. The molecule has 0 saturated heterocycles. The molecule has 0 fully saturated rings.